The summed E-state index contributed by atoms with van der Waals surface area (Å²) < 4.78 is 10.4. The standard InChI is InChI=1S/C14H21N3O2S/c1-4-19-13-7-5-12(6-8-13)9-15-17-14(20)16-11(2)10-18-3/h5-9,11H,4,10H2,1-3H3,(H2,16,17,20)/b15-9-/t11-/m0/s1. The number of hydrazone groups is 1. The lowest BCUT2D eigenvalue weighted by Crippen LogP contribution is -2.40. The first-order valence-corrected chi connectivity index (χ1v) is 6.88. The zero-order valence-electron chi connectivity index (χ0n) is 12.1. The predicted molar refractivity (Wildman–Crippen MR) is 85.4 cm³/mol. The molecule has 0 aromatic heterocycles. The summed E-state index contributed by atoms with van der Waals surface area (Å²) in [7, 11) is 1.65. The maximum Gasteiger partial charge on any atom is 0.187 e. The number of thiocarbonyl (C=S) groups is 1. The molecule has 0 aliphatic rings. The Labute approximate surface area is 125 Å². The van der Waals surface area contributed by atoms with Gasteiger partial charge in [0.25, 0.3) is 0 Å². The first-order chi connectivity index (χ1) is 9.65. The minimum atomic E-state index is 0.140. The monoisotopic (exact) mass is 295 g/mol. The van der Waals surface area contributed by atoms with Gasteiger partial charge in [-0.3, -0.25) is 5.43 Å². The maximum atomic E-state index is 5.37. The smallest absolute Gasteiger partial charge is 0.187 e. The van der Waals surface area contributed by atoms with E-state index in [2.05, 4.69) is 15.8 Å². The fourth-order valence-electron chi connectivity index (χ4n) is 1.53. The van der Waals surface area contributed by atoms with Gasteiger partial charge in [-0.2, -0.15) is 5.10 Å². The number of nitrogens with one attached hydrogen (secondary N) is 2. The van der Waals surface area contributed by atoms with Crippen molar-refractivity contribution in [1.82, 2.24) is 10.7 Å². The van der Waals surface area contributed by atoms with Gasteiger partial charge in [0.2, 0.25) is 0 Å². The zero-order valence-corrected chi connectivity index (χ0v) is 12.9. The fraction of sp³-hybridized carbons (Fsp3) is 0.429. The summed E-state index contributed by atoms with van der Waals surface area (Å²) in [6, 6.07) is 7.81. The van der Waals surface area contributed by atoms with Crippen LogP contribution >= 0.6 is 12.2 Å². The molecule has 0 bridgehead atoms. The molecule has 6 heteroatoms. The van der Waals surface area contributed by atoms with Crippen LogP contribution in [0.2, 0.25) is 0 Å². The van der Waals surface area contributed by atoms with Crippen LogP contribution in [0.15, 0.2) is 29.4 Å². The first-order valence-electron chi connectivity index (χ1n) is 6.47. The highest BCUT2D eigenvalue weighted by atomic mass is 32.1. The normalized spacial score (nSPS) is 12.2. The number of benzene rings is 1. The van der Waals surface area contributed by atoms with Crippen molar-refractivity contribution < 1.29 is 9.47 Å². The molecule has 0 radical (unpaired) electrons. The summed E-state index contributed by atoms with van der Waals surface area (Å²) in [5.41, 5.74) is 3.73. The minimum absolute atomic E-state index is 0.140. The third-order valence-electron chi connectivity index (χ3n) is 2.36. The van der Waals surface area contributed by atoms with Crippen molar-refractivity contribution in [2.45, 2.75) is 19.9 Å². The molecule has 110 valence electrons. The predicted octanol–water partition coefficient (Wildman–Crippen LogP) is 1.92. The zero-order chi connectivity index (χ0) is 14.8. The van der Waals surface area contributed by atoms with Gasteiger partial charge in [0, 0.05) is 13.2 Å². The molecule has 0 unspecified atom stereocenters. The van der Waals surface area contributed by atoms with Crippen molar-refractivity contribution >= 4 is 23.5 Å². The Morgan fingerprint density at radius 1 is 1.40 bits per heavy atom. The van der Waals surface area contributed by atoms with E-state index in [4.69, 9.17) is 21.7 Å². The highest BCUT2D eigenvalue weighted by Gasteiger charge is 2.01. The van der Waals surface area contributed by atoms with Crippen LogP contribution in [0.3, 0.4) is 0 Å². The van der Waals surface area contributed by atoms with Gasteiger partial charge in [0.05, 0.1) is 19.4 Å². The summed E-state index contributed by atoms with van der Waals surface area (Å²) in [6.45, 7) is 5.18. The average Bonchev–Trinajstić information content (AvgIpc) is 2.41. The van der Waals surface area contributed by atoms with E-state index in [0.717, 1.165) is 11.3 Å². The molecule has 2 N–H and O–H groups in total. The molecule has 1 aromatic carbocycles. The van der Waals surface area contributed by atoms with E-state index in [1.165, 1.54) is 0 Å². The third-order valence-corrected chi connectivity index (χ3v) is 2.57. The number of hydrogen-bond donors (Lipinski definition) is 2. The highest BCUT2D eigenvalue weighted by molar-refractivity contribution is 7.80. The SMILES string of the molecule is CCOc1ccc(/C=N\NC(=S)N[C@@H](C)COC)cc1. The molecule has 0 heterocycles. The molecule has 1 atom stereocenters. The van der Waals surface area contributed by atoms with Gasteiger partial charge in [-0.05, 0) is 55.9 Å². The van der Waals surface area contributed by atoms with E-state index in [1.54, 1.807) is 13.3 Å². The Bertz CT molecular complexity index is 435. The van der Waals surface area contributed by atoms with Crippen LogP contribution in [-0.4, -0.2) is 37.7 Å². The van der Waals surface area contributed by atoms with Crippen LogP contribution in [0.5, 0.6) is 5.75 Å². The van der Waals surface area contributed by atoms with Crippen molar-refractivity contribution in [2.24, 2.45) is 5.10 Å². The summed E-state index contributed by atoms with van der Waals surface area (Å²) in [5, 5.41) is 7.59. The van der Waals surface area contributed by atoms with Crippen LogP contribution in [0.4, 0.5) is 0 Å². The molecule has 0 amide bonds. The first kappa shape index (κ1) is 16.4. The molecule has 1 aromatic rings. The van der Waals surface area contributed by atoms with Gasteiger partial charge in [0.15, 0.2) is 5.11 Å². The van der Waals surface area contributed by atoms with E-state index in [-0.39, 0.29) is 6.04 Å². The number of methoxy groups -OCH3 is 1. The molecule has 20 heavy (non-hydrogen) atoms. The summed E-state index contributed by atoms with van der Waals surface area (Å²) >= 11 is 5.10. The average molecular weight is 295 g/mol. The fourth-order valence-corrected chi connectivity index (χ4v) is 1.78. The molecule has 0 aliphatic carbocycles. The Balaban J connectivity index is 2.38. The number of ether oxygens (including phenoxy) is 2. The summed E-state index contributed by atoms with van der Waals surface area (Å²) in [4.78, 5) is 0. The van der Waals surface area contributed by atoms with E-state index in [0.29, 0.717) is 18.3 Å². The van der Waals surface area contributed by atoms with Crippen molar-refractivity contribution in [2.75, 3.05) is 20.3 Å². The maximum absolute atomic E-state index is 5.37. The number of hydrogen-bond acceptors (Lipinski definition) is 4. The Morgan fingerprint density at radius 3 is 2.70 bits per heavy atom. The van der Waals surface area contributed by atoms with Crippen molar-refractivity contribution in [1.29, 1.82) is 0 Å². The second-order valence-corrected chi connectivity index (χ2v) is 4.61. The van der Waals surface area contributed by atoms with Crippen molar-refractivity contribution in [3.63, 3.8) is 0 Å². The number of rotatable bonds is 7. The van der Waals surface area contributed by atoms with Gasteiger partial charge >= 0.3 is 0 Å². The van der Waals surface area contributed by atoms with Crippen molar-refractivity contribution in [3.8, 4) is 5.75 Å². The van der Waals surface area contributed by atoms with Crippen LogP contribution < -0.4 is 15.5 Å². The van der Waals surface area contributed by atoms with E-state index in [1.807, 2.05) is 38.1 Å². The second kappa shape index (κ2) is 9.28. The van der Waals surface area contributed by atoms with Gasteiger partial charge in [-0.15, -0.1) is 0 Å². The lowest BCUT2D eigenvalue weighted by molar-refractivity contribution is 0.179. The molecule has 0 spiro atoms. The molecule has 5 nitrogen and oxygen atoms in total. The Kier molecular flexibility index (Phi) is 7.60. The van der Waals surface area contributed by atoms with Crippen LogP contribution in [-0.2, 0) is 4.74 Å². The summed E-state index contributed by atoms with van der Waals surface area (Å²) in [6.07, 6.45) is 1.70. The highest BCUT2D eigenvalue weighted by Crippen LogP contribution is 2.10. The molecule has 0 aliphatic heterocycles. The molecule has 0 saturated carbocycles. The molecular formula is C14H21N3O2S. The van der Waals surface area contributed by atoms with Gasteiger partial charge in [-0.25, -0.2) is 0 Å². The van der Waals surface area contributed by atoms with Crippen molar-refractivity contribution in [3.05, 3.63) is 29.8 Å². The van der Waals surface area contributed by atoms with E-state index >= 15 is 0 Å². The quantitative estimate of drug-likeness (QED) is 0.457. The molecule has 0 saturated heterocycles. The summed E-state index contributed by atoms with van der Waals surface area (Å²) in [5.74, 6) is 0.850. The molecule has 0 fully saturated rings. The molecule has 1 rings (SSSR count). The lowest BCUT2D eigenvalue weighted by atomic mass is 10.2. The number of nitrogens with zero attached hydrogens (tertiary/aromatic N) is 1. The Morgan fingerprint density at radius 2 is 2.10 bits per heavy atom. The minimum Gasteiger partial charge on any atom is -0.494 e. The van der Waals surface area contributed by atoms with Crippen LogP contribution in [0, 0.1) is 0 Å². The molecular weight excluding hydrogens is 274 g/mol. The topological polar surface area (TPSA) is 54.9 Å². The Hall–Kier alpha value is -1.66. The third kappa shape index (κ3) is 6.49. The van der Waals surface area contributed by atoms with Gasteiger partial charge in [0.1, 0.15) is 5.75 Å². The van der Waals surface area contributed by atoms with Crippen LogP contribution in [0.25, 0.3) is 0 Å². The van der Waals surface area contributed by atoms with E-state index in [9.17, 15) is 0 Å². The lowest BCUT2D eigenvalue weighted by Gasteiger charge is -2.13. The van der Waals surface area contributed by atoms with Gasteiger partial charge < -0.3 is 14.8 Å². The van der Waals surface area contributed by atoms with Crippen LogP contribution in [0.1, 0.15) is 19.4 Å². The van der Waals surface area contributed by atoms with Gasteiger partial charge in [-0.1, -0.05) is 0 Å². The van der Waals surface area contributed by atoms with E-state index < -0.39 is 0 Å². The largest absolute Gasteiger partial charge is 0.494 e. The second-order valence-electron chi connectivity index (χ2n) is 4.20.